The molecule has 1 aromatic heterocycles. The van der Waals surface area contributed by atoms with Crippen molar-refractivity contribution in [3.8, 4) is 0 Å². The fraction of sp³-hybridized carbons (Fsp3) is 0.250. The molecule has 0 bridgehead atoms. The summed E-state index contributed by atoms with van der Waals surface area (Å²) in [6, 6.07) is 17.4. The van der Waals surface area contributed by atoms with Gasteiger partial charge in [0.25, 0.3) is 0 Å². The van der Waals surface area contributed by atoms with Gasteiger partial charge in [-0.2, -0.15) is 0 Å². The van der Waals surface area contributed by atoms with Crippen LogP contribution in [-0.4, -0.2) is 17.9 Å². The van der Waals surface area contributed by atoms with E-state index in [1.54, 1.807) is 4.90 Å². The molecule has 2 N–H and O–H groups in total. The smallest absolute Gasteiger partial charge is 0.223 e. The Labute approximate surface area is 154 Å². The van der Waals surface area contributed by atoms with Gasteiger partial charge in [-0.15, -0.1) is 12.4 Å². The number of para-hydroxylation sites is 2. The molecule has 0 aliphatic rings. The summed E-state index contributed by atoms with van der Waals surface area (Å²) in [6.45, 7) is 1.98. The van der Waals surface area contributed by atoms with Crippen LogP contribution in [-0.2, 0) is 11.2 Å². The number of hydrogen-bond donors (Lipinski definition) is 1. The minimum Gasteiger partial charge on any atom is -0.459 e. The van der Waals surface area contributed by atoms with Gasteiger partial charge in [0.15, 0.2) is 0 Å². The van der Waals surface area contributed by atoms with Crippen LogP contribution in [0.5, 0.6) is 0 Å². The Morgan fingerprint density at radius 1 is 1.16 bits per heavy atom. The van der Waals surface area contributed by atoms with E-state index in [0.29, 0.717) is 12.8 Å². The third-order valence-electron chi connectivity index (χ3n) is 4.49. The first-order valence-corrected chi connectivity index (χ1v) is 8.14. The van der Waals surface area contributed by atoms with Gasteiger partial charge in [0.1, 0.15) is 11.3 Å². The zero-order chi connectivity index (χ0) is 17.1. The maximum atomic E-state index is 12.5. The molecule has 0 aliphatic heterocycles. The van der Waals surface area contributed by atoms with Crippen LogP contribution in [0, 0.1) is 0 Å². The third-order valence-corrected chi connectivity index (χ3v) is 4.49. The lowest BCUT2D eigenvalue weighted by atomic mass is 10.1. The fourth-order valence-corrected chi connectivity index (χ4v) is 2.79. The van der Waals surface area contributed by atoms with Crippen molar-refractivity contribution in [2.45, 2.75) is 25.8 Å². The number of hydrogen-bond acceptors (Lipinski definition) is 3. The van der Waals surface area contributed by atoms with E-state index in [0.717, 1.165) is 28.0 Å². The molecule has 4 nitrogen and oxygen atoms in total. The Morgan fingerprint density at radius 2 is 1.84 bits per heavy atom. The number of nitrogen functional groups attached to an aromatic ring is 1. The van der Waals surface area contributed by atoms with E-state index in [-0.39, 0.29) is 24.4 Å². The first-order chi connectivity index (χ1) is 11.6. The van der Waals surface area contributed by atoms with Crippen LogP contribution in [0.1, 0.15) is 30.7 Å². The molecule has 25 heavy (non-hydrogen) atoms. The molecule has 0 saturated heterocycles. The van der Waals surface area contributed by atoms with Crippen LogP contribution in [0.4, 0.5) is 5.69 Å². The van der Waals surface area contributed by atoms with Gasteiger partial charge in [-0.3, -0.25) is 4.79 Å². The van der Waals surface area contributed by atoms with Gasteiger partial charge in [0, 0.05) is 24.5 Å². The molecule has 1 amide bonds. The van der Waals surface area contributed by atoms with Crippen LogP contribution in [0.3, 0.4) is 0 Å². The minimum atomic E-state index is -0.113. The molecular weight excluding hydrogens is 336 g/mol. The number of halogens is 1. The Kier molecular flexibility index (Phi) is 6.10. The molecule has 2 aromatic carbocycles. The zero-order valence-electron chi connectivity index (χ0n) is 14.4. The van der Waals surface area contributed by atoms with Gasteiger partial charge in [0.2, 0.25) is 5.91 Å². The summed E-state index contributed by atoms with van der Waals surface area (Å²) in [5.74, 6) is 0.873. The van der Waals surface area contributed by atoms with Gasteiger partial charge in [0.05, 0.1) is 6.04 Å². The molecule has 0 spiro atoms. The Bertz CT molecular complexity index is 827. The van der Waals surface area contributed by atoms with Crippen molar-refractivity contribution in [1.29, 1.82) is 0 Å². The summed E-state index contributed by atoms with van der Waals surface area (Å²) < 4.78 is 5.87. The highest BCUT2D eigenvalue weighted by Crippen LogP contribution is 2.27. The predicted octanol–water partition coefficient (Wildman–Crippen LogP) is 4.59. The van der Waals surface area contributed by atoms with Crippen LogP contribution < -0.4 is 5.73 Å². The molecule has 5 heteroatoms. The molecule has 1 heterocycles. The standard InChI is InChI=1S/C20H22N2O2.ClH/c1-14(19-13-16-8-4-6-10-18(16)24-19)22(2)20(23)12-11-15-7-3-5-9-17(15)21;/h3-10,13-14H,11-12,21H2,1-2H3;1H. The average Bonchev–Trinajstić information content (AvgIpc) is 3.03. The van der Waals surface area contributed by atoms with Crippen molar-refractivity contribution >= 4 is 35.0 Å². The summed E-state index contributed by atoms with van der Waals surface area (Å²) in [7, 11) is 1.81. The lowest BCUT2D eigenvalue weighted by Gasteiger charge is -2.23. The third kappa shape index (κ3) is 4.15. The Morgan fingerprint density at radius 3 is 2.56 bits per heavy atom. The number of benzene rings is 2. The fourth-order valence-electron chi connectivity index (χ4n) is 2.79. The van der Waals surface area contributed by atoms with Crippen molar-refractivity contribution in [3.63, 3.8) is 0 Å². The number of furan rings is 1. The number of nitrogens with two attached hydrogens (primary N) is 1. The number of carbonyl (C=O) groups excluding carboxylic acids is 1. The van der Waals surface area contributed by atoms with E-state index in [1.165, 1.54) is 0 Å². The first kappa shape index (κ1) is 18.9. The molecule has 3 rings (SSSR count). The van der Waals surface area contributed by atoms with E-state index >= 15 is 0 Å². The first-order valence-electron chi connectivity index (χ1n) is 8.14. The molecule has 0 fully saturated rings. The van der Waals surface area contributed by atoms with E-state index in [9.17, 15) is 4.79 Å². The number of carbonyl (C=O) groups is 1. The summed E-state index contributed by atoms with van der Waals surface area (Å²) >= 11 is 0. The number of fused-ring (bicyclic) bond motifs is 1. The topological polar surface area (TPSA) is 59.5 Å². The van der Waals surface area contributed by atoms with Crippen molar-refractivity contribution in [2.75, 3.05) is 12.8 Å². The highest BCUT2D eigenvalue weighted by atomic mass is 35.5. The van der Waals surface area contributed by atoms with Crippen LogP contribution in [0.15, 0.2) is 59.0 Å². The lowest BCUT2D eigenvalue weighted by Crippen LogP contribution is -2.29. The number of anilines is 1. The summed E-state index contributed by atoms with van der Waals surface area (Å²) in [6.07, 6.45) is 1.07. The van der Waals surface area contributed by atoms with Gasteiger partial charge in [-0.25, -0.2) is 0 Å². The number of rotatable bonds is 5. The molecule has 0 aliphatic carbocycles. The highest BCUT2D eigenvalue weighted by Gasteiger charge is 2.20. The van der Waals surface area contributed by atoms with Crippen molar-refractivity contribution in [1.82, 2.24) is 4.90 Å². The lowest BCUT2D eigenvalue weighted by molar-refractivity contribution is -0.132. The van der Waals surface area contributed by atoms with Gasteiger partial charge < -0.3 is 15.1 Å². The molecular formula is C20H23ClN2O2. The largest absolute Gasteiger partial charge is 0.459 e. The number of nitrogens with zero attached hydrogens (tertiary/aromatic N) is 1. The van der Waals surface area contributed by atoms with Gasteiger partial charge in [-0.05, 0) is 37.1 Å². The minimum absolute atomic E-state index is 0. The predicted molar refractivity (Wildman–Crippen MR) is 104 cm³/mol. The summed E-state index contributed by atoms with van der Waals surface area (Å²) in [5.41, 5.74) is 8.53. The highest BCUT2D eigenvalue weighted by molar-refractivity contribution is 5.85. The molecule has 3 aromatic rings. The molecule has 0 radical (unpaired) electrons. The molecule has 1 unspecified atom stereocenters. The van der Waals surface area contributed by atoms with Crippen LogP contribution in [0.2, 0.25) is 0 Å². The number of amides is 1. The van der Waals surface area contributed by atoms with E-state index in [2.05, 4.69) is 0 Å². The second kappa shape index (κ2) is 8.08. The van der Waals surface area contributed by atoms with Gasteiger partial charge >= 0.3 is 0 Å². The van der Waals surface area contributed by atoms with Crippen molar-refractivity contribution in [3.05, 3.63) is 65.9 Å². The summed E-state index contributed by atoms with van der Waals surface area (Å²) in [5, 5.41) is 1.05. The van der Waals surface area contributed by atoms with E-state index in [1.807, 2.05) is 68.6 Å². The maximum absolute atomic E-state index is 12.5. The zero-order valence-corrected chi connectivity index (χ0v) is 15.3. The van der Waals surface area contributed by atoms with Gasteiger partial charge in [-0.1, -0.05) is 36.4 Å². The average molecular weight is 359 g/mol. The number of aryl methyl sites for hydroxylation is 1. The second-order valence-corrected chi connectivity index (χ2v) is 6.07. The molecule has 132 valence electrons. The van der Waals surface area contributed by atoms with Crippen LogP contribution >= 0.6 is 12.4 Å². The normalized spacial score (nSPS) is 11.8. The SMILES string of the molecule is CC(c1cc2ccccc2o1)N(C)C(=O)CCc1ccccc1N.Cl. The van der Waals surface area contributed by atoms with E-state index in [4.69, 9.17) is 10.2 Å². The maximum Gasteiger partial charge on any atom is 0.223 e. The Balaban J connectivity index is 0.00000225. The molecule has 0 saturated carbocycles. The van der Waals surface area contributed by atoms with Crippen molar-refractivity contribution in [2.24, 2.45) is 0 Å². The monoisotopic (exact) mass is 358 g/mol. The quantitative estimate of drug-likeness (QED) is 0.678. The van der Waals surface area contributed by atoms with E-state index < -0.39 is 0 Å². The second-order valence-electron chi connectivity index (χ2n) is 6.07. The Hall–Kier alpha value is -2.46. The summed E-state index contributed by atoms with van der Waals surface area (Å²) in [4.78, 5) is 14.2. The molecule has 1 atom stereocenters. The van der Waals surface area contributed by atoms with Crippen molar-refractivity contribution < 1.29 is 9.21 Å². The van der Waals surface area contributed by atoms with Crippen LogP contribution in [0.25, 0.3) is 11.0 Å².